The van der Waals surface area contributed by atoms with Crippen LogP contribution in [0.1, 0.15) is 5.56 Å². The number of nitrogens with zero attached hydrogens (tertiary/aromatic N) is 2. The smallest absolute Gasteiger partial charge is 0.342 e. The minimum Gasteiger partial charge on any atom is -0.342 e. The molecule has 23 heavy (non-hydrogen) atoms. The van der Waals surface area contributed by atoms with E-state index in [1.165, 1.54) is 0 Å². The second-order valence-corrected chi connectivity index (χ2v) is 6.24. The van der Waals surface area contributed by atoms with Gasteiger partial charge in [-0.15, -0.1) is 0 Å². The molecule has 8 heteroatoms. The summed E-state index contributed by atoms with van der Waals surface area (Å²) in [7, 11) is 0. The molecule has 1 aromatic carbocycles. The molecule has 0 aliphatic carbocycles. The molecule has 0 fully saturated rings. The Morgan fingerprint density at radius 1 is 1.00 bits per heavy atom. The Balaban J connectivity index is 2.17. The number of hydrogen-bond acceptors (Lipinski definition) is 2. The van der Waals surface area contributed by atoms with E-state index in [1.54, 1.807) is 30.5 Å². The number of benzene rings is 1. The third kappa shape index (κ3) is 3.66. The molecule has 0 unspecified atom stereocenters. The van der Waals surface area contributed by atoms with Crippen LogP contribution in [0.4, 0.5) is 13.2 Å². The second-order valence-electron chi connectivity index (χ2n) is 4.70. The molecule has 0 spiro atoms. The zero-order valence-corrected chi connectivity index (χ0v) is 14.2. The first-order valence-electron chi connectivity index (χ1n) is 6.39. The predicted molar refractivity (Wildman–Crippen MR) is 90.0 cm³/mol. The number of halogens is 5. The summed E-state index contributed by atoms with van der Waals surface area (Å²) >= 11 is 7.79. The maximum Gasteiger partial charge on any atom is 0.416 e. The third-order valence-electron chi connectivity index (χ3n) is 3.08. The van der Waals surface area contributed by atoms with Crippen molar-refractivity contribution < 1.29 is 13.2 Å². The summed E-state index contributed by atoms with van der Waals surface area (Å²) in [4.78, 5) is 11.2. The van der Waals surface area contributed by atoms with E-state index in [0.29, 0.717) is 14.3 Å². The van der Waals surface area contributed by atoms with Crippen molar-refractivity contribution >= 4 is 34.2 Å². The van der Waals surface area contributed by atoms with Crippen molar-refractivity contribution in [2.24, 2.45) is 0 Å². The molecule has 118 valence electrons. The van der Waals surface area contributed by atoms with Gasteiger partial charge in [0.1, 0.15) is 9.39 Å². The highest BCUT2D eigenvalue weighted by molar-refractivity contribution is 14.1. The van der Waals surface area contributed by atoms with E-state index in [1.807, 2.05) is 22.6 Å². The molecule has 0 radical (unpaired) electrons. The van der Waals surface area contributed by atoms with Gasteiger partial charge in [0.25, 0.3) is 0 Å². The Kier molecular flexibility index (Phi) is 4.33. The van der Waals surface area contributed by atoms with Gasteiger partial charge >= 0.3 is 6.18 Å². The standard InChI is InChI=1S/C15H8ClF3IN3/c16-10-3-1-8(2-4-10)11-5-9(15(17,18)19)6-12(22-11)14-21-7-13(20)23-14/h1-7H,(H,21,23). The zero-order chi connectivity index (χ0) is 16.6. The van der Waals surface area contributed by atoms with Crippen LogP contribution in [0.25, 0.3) is 22.8 Å². The van der Waals surface area contributed by atoms with Crippen LogP contribution in [0.2, 0.25) is 5.02 Å². The lowest BCUT2D eigenvalue weighted by molar-refractivity contribution is -0.137. The number of rotatable bonds is 2. The quantitative estimate of drug-likeness (QED) is 0.531. The van der Waals surface area contributed by atoms with Crippen LogP contribution in [-0.4, -0.2) is 15.0 Å². The molecule has 0 saturated heterocycles. The molecule has 3 aromatic rings. The number of imidazole rings is 1. The molecule has 0 aliphatic heterocycles. The van der Waals surface area contributed by atoms with Gasteiger partial charge in [0, 0.05) is 16.8 Å². The Labute approximate surface area is 148 Å². The maximum atomic E-state index is 13.2. The Bertz CT molecular complexity index is 844. The SMILES string of the molecule is FC(F)(F)c1cc(-c2ccc(Cl)cc2)nc(-c2nc(I)c[nH]2)c1. The van der Waals surface area contributed by atoms with Gasteiger partial charge in [-0.25, -0.2) is 9.97 Å². The van der Waals surface area contributed by atoms with Crippen molar-refractivity contribution in [1.82, 2.24) is 15.0 Å². The molecule has 3 nitrogen and oxygen atoms in total. The fourth-order valence-corrected chi connectivity index (χ4v) is 2.54. The summed E-state index contributed by atoms with van der Waals surface area (Å²) in [5, 5.41) is 0.501. The van der Waals surface area contributed by atoms with Crippen LogP contribution in [-0.2, 0) is 6.18 Å². The molecule has 3 rings (SSSR count). The summed E-state index contributed by atoms with van der Waals surface area (Å²) in [5.74, 6) is 0.288. The average molecular weight is 450 g/mol. The van der Waals surface area contributed by atoms with Gasteiger partial charge in [0.2, 0.25) is 0 Å². The summed E-state index contributed by atoms with van der Waals surface area (Å²) in [6.07, 6.45) is -2.88. The number of aromatic nitrogens is 3. The van der Waals surface area contributed by atoms with Crippen LogP contribution < -0.4 is 0 Å². The van der Waals surface area contributed by atoms with E-state index in [-0.39, 0.29) is 17.2 Å². The van der Waals surface area contributed by atoms with Crippen molar-refractivity contribution in [3.8, 4) is 22.8 Å². The summed E-state index contributed by atoms with van der Waals surface area (Å²) in [6, 6.07) is 8.46. The fraction of sp³-hybridized carbons (Fsp3) is 0.0667. The van der Waals surface area contributed by atoms with Crippen molar-refractivity contribution in [2.45, 2.75) is 6.18 Å². The van der Waals surface area contributed by atoms with Gasteiger partial charge in [0.05, 0.1) is 11.3 Å². The van der Waals surface area contributed by atoms with E-state index in [4.69, 9.17) is 11.6 Å². The highest BCUT2D eigenvalue weighted by atomic mass is 127. The van der Waals surface area contributed by atoms with Crippen LogP contribution in [0.15, 0.2) is 42.6 Å². The molecule has 1 N–H and O–H groups in total. The number of hydrogen-bond donors (Lipinski definition) is 1. The molecule has 0 saturated carbocycles. The monoisotopic (exact) mass is 449 g/mol. The van der Waals surface area contributed by atoms with Crippen molar-refractivity contribution in [1.29, 1.82) is 0 Å². The van der Waals surface area contributed by atoms with Crippen LogP contribution >= 0.6 is 34.2 Å². The lowest BCUT2D eigenvalue weighted by atomic mass is 10.1. The molecule has 2 aromatic heterocycles. The van der Waals surface area contributed by atoms with Gasteiger partial charge in [-0.1, -0.05) is 23.7 Å². The van der Waals surface area contributed by atoms with Gasteiger partial charge in [-0.05, 0) is 46.9 Å². The van der Waals surface area contributed by atoms with Crippen molar-refractivity contribution in [3.05, 3.63) is 56.9 Å². The molecule has 0 aliphatic rings. The first kappa shape index (κ1) is 16.3. The van der Waals surface area contributed by atoms with Gasteiger partial charge < -0.3 is 4.98 Å². The van der Waals surface area contributed by atoms with E-state index >= 15 is 0 Å². The molecular formula is C15H8ClF3IN3. The molecule has 0 amide bonds. The Hall–Kier alpha value is -1.61. The fourth-order valence-electron chi connectivity index (χ4n) is 2.01. The van der Waals surface area contributed by atoms with Crippen LogP contribution in [0, 0.1) is 3.70 Å². The van der Waals surface area contributed by atoms with Crippen molar-refractivity contribution in [3.63, 3.8) is 0 Å². The second kappa shape index (κ2) is 6.12. The van der Waals surface area contributed by atoms with Crippen LogP contribution in [0.3, 0.4) is 0 Å². The number of nitrogens with one attached hydrogen (secondary N) is 1. The van der Waals surface area contributed by atoms with Crippen LogP contribution in [0.5, 0.6) is 0 Å². The summed E-state index contributed by atoms with van der Waals surface area (Å²) in [5.41, 5.74) is 0.104. The number of alkyl halides is 3. The number of H-pyrrole nitrogens is 1. The van der Waals surface area contributed by atoms with E-state index in [9.17, 15) is 13.2 Å². The molecule has 2 heterocycles. The normalized spacial score (nSPS) is 11.7. The zero-order valence-electron chi connectivity index (χ0n) is 11.3. The highest BCUT2D eigenvalue weighted by Crippen LogP contribution is 2.34. The summed E-state index contributed by atoms with van der Waals surface area (Å²) in [6.45, 7) is 0. The molecule has 0 bridgehead atoms. The van der Waals surface area contributed by atoms with Crippen molar-refractivity contribution in [2.75, 3.05) is 0 Å². The highest BCUT2D eigenvalue weighted by Gasteiger charge is 2.32. The van der Waals surface area contributed by atoms with Gasteiger partial charge in [-0.2, -0.15) is 13.2 Å². The Morgan fingerprint density at radius 3 is 2.22 bits per heavy atom. The minimum absolute atomic E-state index is 0.132. The van der Waals surface area contributed by atoms with E-state index in [0.717, 1.165) is 12.1 Å². The number of pyridine rings is 1. The topological polar surface area (TPSA) is 41.6 Å². The van der Waals surface area contributed by atoms with E-state index < -0.39 is 11.7 Å². The largest absolute Gasteiger partial charge is 0.416 e. The molecular weight excluding hydrogens is 442 g/mol. The maximum absolute atomic E-state index is 13.2. The summed E-state index contributed by atoms with van der Waals surface area (Å²) < 4.78 is 40.1. The molecule has 0 atom stereocenters. The van der Waals surface area contributed by atoms with Gasteiger partial charge in [-0.3, -0.25) is 0 Å². The third-order valence-corrected chi connectivity index (χ3v) is 3.89. The average Bonchev–Trinajstić information content (AvgIpc) is 2.93. The van der Waals surface area contributed by atoms with Gasteiger partial charge in [0.15, 0.2) is 5.82 Å². The lowest BCUT2D eigenvalue weighted by Crippen LogP contribution is -2.07. The van der Waals surface area contributed by atoms with E-state index in [2.05, 4.69) is 15.0 Å². The first-order chi connectivity index (χ1) is 10.8. The number of aromatic amines is 1. The minimum atomic E-state index is -4.47. The first-order valence-corrected chi connectivity index (χ1v) is 7.85. The lowest BCUT2D eigenvalue weighted by Gasteiger charge is -2.11. The Morgan fingerprint density at radius 2 is 1.65 bits per heavy atom. The predicted octanol–water partition coefficient (Wildman–Crippen LogP) is 5.42.